The van der Waals surface area contributed by atoms with E-state index in [1.807, 2.05) is 25.5 Å². The van der Waals surface area contributed by atoms with Crippen molar-refractivity contribution in [2.45, 2.75) is 51.5 Å². The third-order valence-corrected chi connectivity index (χ3v) is 4.57. The van der Waals surface area contributed by atoms with Gasteiger partial charge in [-0.1, -0.05) is 6.07 Å². The molecule has 0 radical (unpaired) electrons. The zero-order valence-corrected chi connectivity index (χ0v) is 14.2. The second-order valence-electron chi connectivity index (χ2n) is 7.24. The first-order valence-electron chi connectivity index (χ1n) is 7.71. The number of hydrogen-bond acceptors (Lipinski definition) is 4. The predicted octanol–water partition coefficient (Wildman–Crippen LogP) is 2.30. The molecule has 0 saturated carbocycles. The molecule has 2 rings (SSSR count). The average Bonchev–Trinajstić information content (AvgIpc) is 2.55. The maximum Gasteiger partial charge on any atom is 0.0790 e. The Kier molecular flexibility index (Phi) is 4.71. The number of aromatic nitrogens is 1. The molecule has 1 aromatic rings. The van der Waals surface area contributed by atoms with Crippen LogP contribution in [0.5, 0.6) is 0 Å². The van der Waals surface area contributed by atoms with Crippen LogP contribution in [0.4, 0.5) is 0 Å². The molecule has 1 saturated heterocycles. The van der Waals surface area contributed by atoms with Crippen LogP contribution in [-0.4, -0.2) is 47.8 Å². The van der Waals surface area contributed by atoms with Gasteiger partial charge in [-0.3, -0.25) is 4.98 Å². The van der Waals surface area contributed by atoms with Crippen LogP contribution in [0.1, 0.15) is 33.3 Å². The first kappa shape index (κ1) is 16.4. The Morgan fingerprint density at radius 1 is 1.29 bits per heavy atom. The Morgan fingerprint density at radius 3 is 2.57 bits per heavy atom. The van der Waals surface area contributed by atoms with Gasteiger partial charge in [0.25, 0.3) is 0 Å². The SMILES string of the molecule is CNC1C(CN(C)Cc2cccnc2)C(C)(C)OC1(C)C. The van der Waals surface area contributed by atoms with Crippen molar-refractivity contribution in [3.05, 3.63) is 30.1 Å². The minimum absolute atomic E-state index is 0.125. The monoisotopic (exact) mass is 291 g/mol. The summed E-state index contributed by atoms with van der Waals surface area (Å²) < 4.78 is 6.30. The van der Waals surface area contributed by atoms with Crippen LogP contribution in [0.25, 0.3) is 0 Å². The zero-order chi connectivity index (χ0) is 15.7. The van der Waals surface area contributed by atoms with Crippen LogP contribution in [-0.2, 0) is 11.3 Å². The highest BCUT2D eigenvalue weighted by molar-refractivity contribution is 5.09. The quantitative estimate of drug-likeness (QED) is 0.903. The molecule has 2 heterocycles. The second-order valence-corrected chi connectivity index (χ2v) is 7.24. The number of ether oxygens (including phenoxy) is 1. The molecule has 1 aliphatic rings. The summed E-state index contributed by atoms with van der Waals surface area (Å²) in [6.07, 6.45) is 3.75. The molecule has 0 bridgehead atoms. The number of nitrogens with zero attached hydrogens (tertiary/aromatic N) is 2. The van der Waals surface area contributed by atoms with Gasteiger partial charge in [-0.15, -0.1) is 0 Å². The van der Waals surface area contributed by atoms with Crippen molar-refractivity contribution in [1.29, 1.82) is 0 Å². The lowest BCUT2D eigenvalue weighted by Crippen LogP contribution is -2.49. The molecule has 1 aromatic heterocycles. The number of nitrogens with one attached hydrogen (secondary N) is 1. The third-order valence-electron chi connectivity index (χ3n) is 4.57. The van der Waals surface area contributed by atoms with E-state index in [-0.39, 0.29) is 11.2 Å². The highest BCUT2D eigenvalue weighted by Crippen LogP contribution is 2.42. The van der Waals surface area contributed by atoms with Crippen LogP contribution < -0.4 is 5.32 Å². The standard InChI is InChI=1S/C17H29N3O/c1-16(2)14(15(18-5)17(3,4)21-16)12-20(6)11-13-8-7-9-19-10-13/h7-10,14-15,18H,11-12H2,1-6H3. The van der Waals surface area contributed by atoms with Gasteiger partial charge in [0.2, 0.25) is 0 Å². The lowest BCUT2D eigenvalue weighted by molar-refractivity contribution is -0.0791. The molecule has 0 spiro atoms. The van der Waals surface area contributed by atoms with Crippen molar-refractivity contribution in [3.63, 3.8) is 0 Å². The topological polar surface area (TPSA) is 37.4 Å². The highest BCUT2D eigenvalue weighted by Gasteiger charge is 2.53. The summed E-state index contributed by atoms with van der Waals surface area (Å²) in [7, 11) is 4.20. The van der Waals surface area contributed by atoms with E-state index in [9.17, 15) is 0 Å². The molecule has 0 amide bonds. The smallest absolute Gasteiger partial charge is 0.0790 e. The van der Waals surface area contributed by atoms with Gasteiger partial charge in [0.05, 0.1) is 11.2 Å². The maximum atomic E-state index is 6.30. The van der Waals surface area contributed by atoms with Gasteiger partial charge in [0.15, 0.2) is 0 Å². The first-order chi connectivity index (χ1) is 9.76. The molecular formula is C17H29N3O. The van der Waals surface area contributed by atoms with Crippen molar-refractivity contribution in [3.8, 4) is 0 Å². The van der Waals surface area contributed by atoms with Gasteiger partial charge in [-0.25, -0.2) is 0 Å². The van der Waals surface area contributed by atoms with Crippen molar-refractivity contribution < 1.29 is 4.74 Å². The van der Waals surface area contributed by atoms with E-state index in [4.69, 9.17) is 4.74 Å². The second kappa shape index (κ2) is 6.03. The summed E-state index contributed by atoms with van der Waals surface area (Å²) in [6.45, 7) is 10.7. The van der Waals surface area contributed by atoms with Crippen LogP contribution in [0.15, 0.2) is 24.5 Å². The van der Waals surface area contributed by atoms with Crippen LogP contribution in [0.3, 0.4) is 0 Å². The van der Waals surface area contributed by atoms with E-state index >= 15 is 0 Å². The molecule has 1 fully saturated rings. The Labute approximate surface area is 128 Å². The number of likely N-dealkylation sites (N-methyl/N-ethyl adjacent to an activating group) is 1. The fraction of sp³-hybridized carbons (Fsp3) is 0.706. The summed E-state index contributed by atoms with van der Waals surface area (Å²) in [4.78, 5) is 6.55. The largest absolute Gasteiger partial charge is 0.368 e. The van der Waals surface area contributed by atoms with E-state index in [0.717, 1.165) is 13.1 Å². The molecule has 1 aliphatic heterocycles. The van der Waals surface area contributed by atoms with Crippen LogP contribution >= 0.6 is 0 Å². The molecule has 1 N–H and O–H groups in total. The summed E-state index contributed by atoms with van der Waals surface area (Å²) >= 11 is 0. The number of hydrogen-bond donors (Lipinski definition) is 1. The van der Waals surface area contributed by atoms with E-state index in [2.05, 4.69) is 56.0 Å². The number of rotatable bonds is 5. The molecule has 118 valence electrons. The van der Waals surface area contributed by atoms with E-state index in [1.165, 1.54) is 5.56 Å². The predicted molar refractivity (Wildman–Crippen MR) is 86.2 cm³/mol. The van der Waals surface area contributed by atoms with E-state index in [1.54, 1.807) is 0 Å². The molecule has 21 heavy (non-hydrogen) atoms. The van der Waals surface area contributed by atoms with Crippen LogP contribution in [0.2, 0.25) is 0 Å². The number of pyridine rings is 1. The normalized spacial score (nSPS) is 27.2. The fourth-order valence-electron chi connectivity index (χ4n) is 3.78. The Balaban J connectivity index is 2.06. The summed E-state index contributed by atoms with van der Waals surface area (Å²) in [5, 5.41) is 3.47. The Bertz CT molecular complexity index is 458. The molecular weight excluding hydrogens is 262 g/mol. The summed E-state index contributed by atoms with van der Waals surface area (Å²) in [5.41, 5.74) is 0.982. The summed E-state index contributed by atoms with van der Waals surface area (Å²) in [5.74, 6) is 0.444. The lowest BCUT2D eigenvalue weighted by Gasteiger charge is -2.32. The Morgan fingerprint density at radius 2 is 2.00 bits per heavy atom. The molecule has 2 unspecified atom stereocenters. The summed E-state index contributed by atoms with van der Waals surface area (Å²) in [6, 6.07) is 4.47. The molecule has 0 aromatic carbocycles. The molecule has 4 nitrogen and oxygen atoms in total. The molecule has 4 heteroatoms. The molecule has 0 aliphatic carbocycles. The van der Waals surface area contributed by atoms with Gasteiger partial charge in [0, 0.05) is 37.4 Å². The minimum atomic E-state index is -0.141. The lowest BCUT2D eigenvalue weighted by atomic mass is 9.82. The first-order valence-corrected chi connectivity index (χ1v) is 7.71. The Hall–Kier alpha value is -0.970. The highest BCUT2D eigenvalue weighted by atomic mass is 16.5. The van der Waals surface area contributed by atoms with Gasteiger partial charge >= 0.3 is 0 Å². The van der Waals surface area contributed by atoms with E-state index in [0.29, 0.717) is 12.0 Å². The maximum absolute atomic E-state index is 6.30. The zero-order valence-electron chi connectivity index (χ0n) is 14.2. The van der Waals surface area contributed by atoms with Gasteiger partial charge < -0.3 is 15.0 Å². The van der Waals surface area contributed by atoms with Gasteiger partial charge in [-0.05, 0) is 53.4 Å². The van der Waals surface area contributed by atoms with Crippen molar-refractivity contribution in [2.24, 2.45) is 5.92 Å². The van der Waals surface area contributed by atoms with Crippen molar-refractivity contribution >= 4 is 0 Å². The third kappa shape index (κ3) is 3.62. The molecule has 2 atom stereocenters. The minimum Gasteiger partial charge on any atom is -0.368 e. The van der Waals surface area contributed by atoms with Crippen molar-refractivity contribution in [1.82, 2.24) is 15.2 Å². The fourth-order valence-corrected chi connectivity index (χ4v) is 3.78. The van der Waals surface area contributed by atoms with Gasteiger partial charge in [0.1, 0.15) is 0 Å². The van der Waals surface area contributed by atoms with E-state index < -0.39 is 0 Å². The van der Waals surface area contributed by atoms with Crippen molar-refractivity contribution in [2.75, 3.05) is 20.6 Å². The average molecular weight is 291 g/mol. The van der Waals surface area contributed by atoms with Crippen LogP contribution in [0, 0.1) is 5.92 Å². The van der Waals surface area contributed by atoms with Gasteiger partial charge in [-0.2, -0.15) is 0 Å².